The minimum absolute atomic E-state index is 0.0417. The SMILES string of the molecule is CC(O)C(N)C1CCN(C)C1. The number of hydrogen-bond donors (Lipinski definition) is 2. The molecule has 1 saturated heterocycles. The topological polar surface area (TPSA) is 49.5 Å². The molecule has 0 amide bonds. The molecule has 3 N–H and O–H groups in total. The smallest absolute Gasteiger partial charge is 0.0666 e. The molecule has 0 bridgehead atoms. The summed E-state index contributed by atoms with van der Waals surface area (Å²) in [6.45, 7) is 3.92. The maximum absolute atomic E-state index is 9.22. The fourth-order valence-electron chi connectivity index (χ4n) is 1.68. The molecule has 3 unspecified atom stereocenters. The molecule has 3 atom stereocenters. The average molecular weight is 158 g/mol. The zero-order valence-electron chi connectivity index (χ0n) is 7.33. The predicted octanol–water partition coefficient (Wildman–Crippen LogP) is -0.354. The fraction of sp³-hybridized carbons (Fsp3) is 1.00. The van der Waals surface area contributed by atoms with Crippen molar-refractivity contribution in [3.63, 3.8) is 0 Å². The van der Waals surface area contributed by atoms with Crippen LogP contribution in [0.4, 0.5) is 0 Å². The van der Waals surface area contributed by atoms with E-state index in [1.54, 1.807) is 6.92 Å². The van der Waals surface area contributed by atoms with Crippen LogP contribution in [0, 0.1) is 5.92 Å². The van der Waals surface area contributed by atoms with Crippen molar-refractivity contribution in [2.45, 2.75) is 25.5 Å². The van der Waals surface area contributed by atoms with Gasteiger partial charge in [0.1, 0.15) is 0 Å². The third-order valence-electron chi connectivity index (χ3n) is 2.53. The van der Waals surface area contributed by atoms with Crippen LogP contribution in [0.3, 0.4) is 0 Å². The summed E-state index contributed by atoms with van der Waals surface area (Å²) in [7, 11) is 2.09. The Hall–Kier alpha value is -0.120. The number of aliphatic hydroxyl groups is 1. The first-order chi connectivity index (χ1) is 5.11. The number of hydrogen-bond acceptors (Lipinski definition) is 3. The lowest BCUT2D eigenvalue weighted by Gasteiger charge is -2.21. The first-order valence-corrected chi connectivity index (χ1v) is 4.23. The molecule has 1 aliphatic heterocycles. The average Bonchev–Trinajstić information content (AvgIpc) is 2.34. The van der Waals surface area contributed by atoms with Crippen LogP contribution < -0.4 is 5.73 Å². The fourth-order valence-corrected chi connectivity index (χ4v) is 1.68. The van der Waals surface area contributed by atoms with Crippen molar-refractivity contribution in [1.82, 2.24) is 4.90 Å². The van der Waals surface area contributed by atoms with Crippen molar-refractivity contribution >= 4 is 0 Å². The largest absolute Gasteiger partial charge is 0.392 e. The van der Waals surface area contributed by atoms with Gasteiger partial charge in [-0.1, -0.05) is 0 Å². The highest BCUT2D eigenvalue weighted by atomic mass is 16.3. The van der Waals surface area contributed by atoms with E-state index in [-0.39, 0.29) is 12.1 Å². The van der Waals surface area contributed by atoms with Gasteiger partial charge in [-0.3, -0.25) is 0 Å². The van der Waals surface area contributed by atoms with Crippen LogP contribution >= 0.6 is 0 Å². The molecule has 1 aliphatic rings. The standard InChI is InChI=1S/C8H18N2O/c1-6(11)8(9)7-3-4-10(2)5-7/h6-8,11H,3-5,9H2,1-2H3. The first-order valence-electron chi connectivity index (χ1n) is 4.23. The van der Waals surface area contributed by atoms with E-state index in [9.17, 15) is 5.11 Å². The van der Waals surface area contributed by atoms with Crippen molar-refractivity contribution in [3.8, 4) is 0 Å². The van der Waals surface area contributed by atoms with Crippen LogP contribution in [0.25, 0.3) is 0 Å². The molecular formula is C8H18N2O. The van der Waals surface area contributed by atoms with Gasteiger partial charge in [0.2, 0.25) is 0 Å². The van der Waals surface area contributed by atoms with Crippen molar-refractivity contribution in [3.05, 3.63) is 0 Å². The lowest BCUT2D eigenvalue weighted by molar-refractivity contribution is 0.135. The summed E-state index contributed by atoms with van der Waals surface area (Å²) >= 11 is 0. The third kappa shape index (κ3) is 2.15. The molecule has 1 rings (SSSR count). The van der Waals surface area contributed by atoms with Crippen LogP contribution in [0.5, 0.6) is 0 Å². The molecule has 0 spiro atoms. The van der Waals surface area contributed by atoms with Gasteiger partial charge in [0.05, 0.1) is 6.10 Å². The van der Waals surface area contributed by atoms with E-state index in [0.29, 0.717) is 5.92 Å². The van der Waals surface area contributed by atoms with E-state index in [1.165, 1.54) is 0 Å². The highest BCUT2D eigenvalue weighted by Gasteiger charge is 2.27. The number of likely N-dealkylation sites (tertiary alicyclic amines) is 1. The van der Waals surface area contributed by atoms with E-state index < -0.39 is 0 Å². The second kappa shape index (κ2) is 3.52. The van der Waals surface area contributed by atoms with E-state index in [0.717, 1.165) is 19.5 Å². The van der Waals surface area contributed by atoms with Crippen molar-refractivity contribution in [2.24, 2.45) is 11.7 Å². The lowest BCUT2D eigenvalue weighted by atomic mass is 9.96. The van der Waals surface area contributed by atoms with Crippen molar-refractivity contribution in [2.75, 3.05) is 20.1 Å². The number of nitrogens with zero attached hydrogens (tertiary/aromatic N) is 1. The van der Waals surface area contributed by atoms with Crippen LogP contribution in [-0.4, -0.2) is 42.3 Å². The molecule has 3 heteroatoms. The van der Waals surface area contributed by atoms with E-state index >= 15 is 0 Å². The monoisotopic (exact) mass is 158 g/mol. The molecule has 3 nitrogen and oxygen atoms in total. The summed E-state index contributed by atoms with van der Waals surface area (Å²) in [5, 5.41) is 9.22. The molecule has 0 aromatic heterocycles. The Bertz CT molecular complexity index is 127. The molecule has 0 saturated carbocycles. The van der Waals surface area contributed by atoms with E-state index in [4.69, 9.17) is 5.73 Å². The summed E-state index contributed by atoms with van der Waals surface area (Å²) in [4.78, 5) is 2.26. The van der Waals surface area contributed by atoms with Crippen molar-refractivity contribution in [1.29, 1.82) is 0 Å². The minimum Gasteiger partial charge on any atom is -0.392 e. The molecule has 1 heterocycles. The number of rotatable bonds is 2. The van der Waals surface area contributed by atoms with Crippen LogP contribution in [0.1, 0.15) is 13.3 Å². The number of aliphatic hydroxyl groups excluding tert-OH is 1. The Morgan fingerprint density at radius 2 is 2.27 bits per heavy atom. The van der Waals surface area contributed by atoms with Crippen LogP contribution in [0.2, 0.25) is 0 Å². The van der Waals surface area contributed by atoms with Gasteiger partial charge in [-0.15, -0.1) is 0 Å². The minimum atomic E-state index is -0.369. The quantitative estimate of drug-likeness (QED) is 0.577. The summed E-state index contributed by atoms with van der Waals surface area (Å²) < 4.78 is 0. The molecule has 0 aliphatic carbocycles. The normalized spacial score (nSPS) is 32.2. The third-order valence-corrected chi connectivity index (χ3v) is 2.53. The van der Waals surface area contributed by atoms with Crippen molar-refractivity contribution < 1.29 is 5.11 Å². The predicted molar refractivity (Wildman–Crippen MR) is 45.3 cm³/mol. The molecular weight excluding hydrogens is 140 g/mol. The molecule has 0 radical (unpaired) electrons. The Morgan fingerprint density at radius 1 is 1.64 bits per heavy atom. The Morgan fingerprint density at radius 3 is 2.64 bits per heavy atom. The first kappa shape index (κ1) is 8.97. The molecule has 0 aromatic carbocycles. The second-order valence-electron chi connectivity index (χ2n) is 3.63. The van der Waals surface area contributed by atoms with Gasteiger partial charge >= 0.3 is 0 Å². The van der Waals surface area contributed by atoms with Gasteiger partial charge in [0, 0.05) is 12.6 Å². The van der Waals surface area contributed by atoms with Crippen LogP contribution in [0.15, 0.2) is 0 Å². The molecule has 11 heavy (non-hydrogen) atoms. The van der Waals surface area contributed by atoms with Gasteiger partial charge in [-0.25, -0.2) is 0 Å². The zero-order chi connectivity index (χ0) is 8.43. The number of nitrogens with two attached hydrogens (primary N) is 1. The Kier molecular flexibility index (Phi) is 2.87. The zero-order valence-corrected chi connectivity index (χ0v) is 7.33. The lowest BCUT2D eigenvalue weighted by Crippen LogP contribution is -2.40. The molecule has 66 valence electrons. The Labute approximate surface area is 68.2 Å². The highest BCUT2D eigenvalue weighted by molar-refractivity contribution is 4.84. The molecule has 0 aromatic rings. The van der Waals surface area contributed by atoms with Crippen LogP contribution in [-0.2, 0) is 0 Å². The van der Waals surface area contributed by atoms with Gasteiger partial charge in [-0.2, -0.15) is 0 Å². The summed E-state index contributed by atoms with van der Waals surface area (Å²) in [5.74, 6) is 0.486. The maximum atomic E-state index is 9.22. The van der Waals surface area contributed by atoms with E-state index in [2.05, 4.69) is 11.9 Å². The maximum Gasteiger partial charge on any atom is 0.0666 e. The summed E-state index contributed by atoms with van der Waals surface area (Å²) in [5.41, 5.74) is 5.81. The van der Waals surface area contributed by atoms with Gasteiger partial charge < -0.3 is 15.7 Å². The van der Waals surface area contributed by atoms with Gasteiger partial charge in [-0.05, 0) is 32.9 Å². The Balaban J connectivity index is 2.36. The summed E-state index contributed by atoms with van der Waals surface area (Å²) in [6.07, 6.45) is 0.759. The second-order valence-corrected chi connectivity index (χ2v) is 3.63. The summed E-state index contributed by atoms with van der Waals surface area (Å²) in [6, 6.07) is -0.0417. The van der Waals surface area contributed by atoms with Gasteiger partial charge in [0.25, 0.3) is 0 Å². The van der Waals surface area contributed by atoms with E-state index in [1.807, 2.05) is 0 Å². The molecule has 1 fully saturated rings. The van der Waals surface area contributed by atoms with Gasteiger partial charge in [0.15, 0.2) is 0 Å². The highest BCUT2D eigenvalue weighted by Crippen LogP contribution is 2.18.